The maximum atomic E-state index is 10.9. The van der Waals surface area contributed by atoms with Gasteiger partial charge in [0, 0.05) is 6.61 Å². The minimum absolute atomic E-state index is 0.174. The summed E-state index contributed by atoms with van der Waals surface area (Å²) in [7, 11) is 0. The number of aromatic carboxylic acids is 1. The standard InChI is InChI=1S/C11H16N2O3/c1-5-16-8(4)10-12-6(2)9(11(14)15)7(3)13-10/h8H,5H2,1-4H3,(H,14,15). The van der Waals surface area contributed by atoms with E-state index in [0.717, 1.165) is 0 Å². The van der Waals surface area contributed by atoms with E-state index in [1.165, 1.54) is 0 Å². The molecule has 1 aromatic rings. The Balaban J connectivity index is 3.14. The molecule has 1 heterocycles. The molecular formula is C11H16N2O3. The lowest BCUT2D eigenvalue weighted by Crippen LogP contribution is -2.13. The molecule has 0 aliphatic carbocycles. The van der Waals surface area contributed by atoms with Gasteiger partial charge in [-0.25, -0.2) is 14.8 Å². The van der Waals surface area contributed by atoms with Crippen LogP contribution in [0.2, 0.25) is 0 Å². The Morgan fingerprint density at radius 2 is 1.88 bits per heavy atom. The van der Waals surface area contributed by atoms with Gasteiger partial charge in [0.2, 0.25) is 0 Å². The minimum atomic E-state index is -0.995. The van der Waals surface area contributed by atoms with Crippen molar-refractivity contribution in [2.24, 2.45) is 0 Å². The topological polar surface area (TPSA) is 72.3 Å². The molecule has 1 atom stereocenters. The number of ether oxygens (including phenoxy) is 1. The van der Waals surface area contributed by atoms with Gasteiger partial charge in [-0.2, -0.15) is 0 Å². The molecule has 1 rings (SSSR count). The monoisotopic (exact) mass is 224 g/mol. The lowest BCUT2D eigenvalue weighted by Gasteiger charge is -2.13. The Morgan fingerprint density at radius 1 is 1.38 bits per heavy atom. The summed E-state index contributed by atoms with van der Waals surface area (Å²) in [6, 6.07) is 0. The fourth-order valence-electron chi connectivity index (χ4n) is 1.56. The predicted molar refractivity (Wildman–Crippen MR) is 58.5 cm³/mol. The van der Waals surface area contributed by atoms with Crippen molar-refractivity contribution in [2.45, 2.75) is 33.8 Å². The molecule has 0 aromatic carbocycles. The second kappa shape index (κ2) is 5.03. The van der Waals surface area contributed by atoms with Gasteiger partial charge in [-0.1, -0.05) is 0 Å². The second-order valence-electron chi connectivity index (χ2n) is 3.53. The van der Waals surface area contributed by atoms with Crippen LogP contribution >= 0.6 is 0 Å². The van der Waals surface area contributed by atoms with E-state index < -0.39 is 5.97 Å². The van der Waals surface area contributed by atoms with E-state index in [-0.39, 0.29) is 11.7 Å². The summed E-state index contributed by atoms with van der Waals surface area (Å²) < 4.78 is 5.37. The molecule has 0 bridgehead atoms. The number of carboxylic acid groups (broad SMARTS) is 1. The Hall–Kier alpha value is -1.49. The van der Waals surface area contributed by atoms with Gasteiger partial charge in [-0.15, -0.1) is 0 Å². The summed E-state index contributed by atoms with van der Waals surface area (Å²) in [6.07, 6.45) is -0.217. The van der Waals surface area contributed by atoms with E-state index >= 15 is 0 Å². The fraction of sp³-hybridized carbons (Fsp3) is 0.545. The van der Waals surface area contributed by atoms with Crippen LogP contribution in [-0.2, 0) is 4.74 Å². The van der Waals surface area contributed by atoms with Gasteiger partial charge in [0.1, 0.15) is 11.7 Å². The van der Waals surface area contributed by atoms with Crippen molar-refractivity contribution >= 4 is 5.97 Å². The Kier molecular flexibility index (Phi) is 3.95. The van der Waals surface area contributed by atoms with Gasteiger partial charge >= 0.3 is 5.97 Å². The Morgan fingerprint density at radius 3 is 2.25 bits per heavy atom. The third kappa shape index (κ3) is 2.55. The van der Waals surface area contributed by atoms with Crippen molar-refractivity contribution in [1.29, 1.82) is 0 Å². The average Bonchev–Trinajstić information content (AvgIpc) is 2.16. The van der Waals surface area contributed by atoms with Crippen molar-refractivity contribution in [3.63, 3.8) is 0 Å². The zero-order valence-corrected chi connectivity index (χ0v) is 9.94. The van der Waals surface area contributed by atoms with Crippen LogP contribution < -0.4 is 0 Å². The number of carbonyl (C=O) groups is 1. The molecule has 5 heteroatoms. The zero-order chi connectivity index (χ0) is 12.3. The van der Waals surface area contributed by atoms with Crippen molar-refractivity contribution in [3.8, 4) is 0 Å². The van der Waals surface area contributed by atoms with Crippen LogP contribution in [0.15, 0.2) is 0 Å². The molecule has 0 saturated heterocycles. The number of hydrogen-bond donors (Lipinski definition) is 1. The van der Waals surface area contributed by atoms with Gasteiger partial charge < -0.3 is 9.84 Å². The molecule has 1 unspecified atom stereocenters. The number of aromatic nitrogens is 2. The third-order valence-corrected chi connectivity index (χ3v) is 2.28. The summed E-state index contributed by atoms with van der Waals surface area (Å²) in [5.41, 5.74) is 1.12. The van der Waals surface area contributed by atoms with Gasteiger partial charge in [0.05, 0.1) is 11.4 Å². The van der Waals surface area contributed by atoms with Crippen LogP contribution in [0.3, 0.4) is 0 Å². The highest BCUT2D eigenvalue weighted by atomic mass is 16.5. The molecule has 0 radical (unpaired) electrons. The van der Waals surface area contributed by atoms with Gasteiger partial charge in [0.15, 0.2) is 5.82 Å². The quantitative estimate of drug-likeness (QED) is 0.845. The molecule has 0 aliphatic rings. The normalized spacial score (nSPS) is 12.5. The van der Waals surface area contributed by atoms with Crippen molar-refractivity contribution in [3.05, 3.63) is 22.8 Å². The van der Waals surface area contributed by atoms with Crippen molar-refractivity contribution < 1.29 is 14.6 Å². The lowest BCUT2D eigenvalue weighted by atomic mass is 10.1. The van der Waals surface area contributed by atoms with E-state index in [0.29, 0.717) is 23.8 Å². The average molecular weight is 224 g/mol. The number of hydrogen-bond acceptors (Lipinski definition) is 4. The molecule has 16 heavy (non-hydrogen) atoms. The maximum Gasteiger partial charge on any atom is 0.339 e. The molecule has 1 N–H and O–H groups in total. The highest BCUT2D eigenvalue weighted by Gasteiger charge is 2.17. The van der Waals surface area contributed by atoms with E-state index in [2.05, 4.69) is 9.97 Å². The van der Waals surface area contributed by atoms with E-state index in [1.54, 1.807) is 13.8 Å². The number of carboxylic acids is 1. The first-order valence-electron chi connectivity index (χ1n) is 5.17. The molecule has 88 valence electrons. The highest BCUT2D eigenvalue weighted by molar-refractivity contribution is 5.89. The predicted octanol–water partition coefficient (Wildman–Crippen LogP) is 1.89. The molecule has 0 aliphatic heterocycles. The molecular weight excluding hydrogens is 208 g/mol. The molecule has 5 nitrogen and oxygen atoms in total. The minimum Gasteiger partial charge on any atom is -0.478 e. The van der Waals surface area contributed by atoms with Crippen LogP contribution in [0.4, 0.5) is 0 Å². The first-order valence-corrected chi connectivity index (χ1v) is 5.17. The van der Waals surface area contributed by atoms with Crippen molar-refractivity contribution in [1.82, 2.24) is 9.97 Å². The number of aryl methyl sites for hydroxylation is 2. The molecule has 0 amide bonds. The van der Waals surface area contributed by atoms with Crippen molar-refractivity contribution in [2.75, 3.05) is 6.61 Å². The summed E-state index contributed by atoms with van der Waals surface area (Å²) in [5, 5.41) is 8.97. The summed E-state index contributed by atoms with van der Waals surface area (Å²) in [6.45, 7) is 7.64. The second-order valence-corrected chi connectivity index (χ2v) is 3.53. The van der Waals surface area contributed by atoms with Crippen LogP contribution in [-0.4, -0.2) is 27.7 Å². The van der Waals surface area contributed by atoms with Crippen LogP contribution in [0.5, 0.6) is 0 Å². The summed E-state index contributed by atoms with van der Waals surface area (Å²) >= 11 is 0. The van der Waals surface area contributed by atoms with Crippen LogP contribution in [0, 0.1) is 13.8 Å². The summed E-state index contributed by atoms with van der Waals surface area (Å²) in [5.74, 6) is -0.465. The fourth-order valence-corrected chi connectivity index (χ4v) is 1.56. The third-order valence-electron chi connectivity index (χ3n) is 2.28. The molecule has 0 fully saturated rings. The molecule has 1 aromatic heterocycles. The smallest absolute Gasteiger partial charge is 0.339 e. The zero-order valence-electron chi connectivity index (χ0n) is 9.94. The Bertz CT molecular complexity index is 381. The summed E-state index contributed by atoms with van der Waals surface area (Å²) in [4.78, 5) is 19.3. The first-order chi connectivity index (χ1) is 7.47. The van der Waals surface area contributed by atoms with E-state index in [1.807, 2.05) is 13.8 Å². The Labute approximate surface area is 94.5 Å². The van der Waals surface area contributed by atoms with E-state index in [4.69, 9.17) is 9.84 Å². The number of rotatable bonds is 4. The highest BCUT2D eigenvalue weighted by Crippen LogP contribution is 2.16. The SMILES string of the molecule is CCOC(C)c1nc(C)c(C(=O)O)c(C)n1. The maximum absolute atomic E-state index is 10.9. The van der Waals surface area contributed by atoms with E-state index in [9.17, 15) is 4.79 Å². The van der Waals surface area contributed by atoms with Crippen LogP contribution in [0.25, 0.3) is 0 Å². The molecule has 0 spiro atoms. The largest absolute Gasteiger partial charge is 0.478 e. The van der Waals surface area contributed by atoms with Gasteiger partial charge in [-0.05, 0) is 27.7 Å². The van der Waals surface area contributed by atoms with Crippen LogP contribution in [0.1, 0.15) is 47.5 Å². The number of nitrogens with zero attached hydrogens (tertiary/aromatic N) is 2. The van der Waals surface area contributed by atoms with Gasteiger partial charge in [0.25, 0.3) is 0 Å². The van der Waals surface area contributed by atoms with Gasteiger partial charge in [-0.3, -0.25) is 0 Å². The lowest BCUT2D eigenvalue weighted by molar-refractivity contribution is 0.0671. The molecule has 0 saturated carbocycles. The first kappa shape index (κ1) is 12.6.